The first kappa shape index (κ1) is 14.7. The molecule has 0 bridgehead atoms. The zero-order valence-electron chi connectivity index (χ0n) is 11.6. The average Bonchev–Trinajstić information content (AvgIpc) is 2.53. The van der Waals surface area contributed by atoms with Crippen LogP contribution in [0.4, 0.5) is 0 Å². The SMILES string of the molecule is COc1ccc(OCCC(CCl)c2ccccc2)cc1. The molecule has 0 aliphatic heterocycles. The van der Waals surface area contributed by atoms with Gasteiger partial charge < -0.3 is 9.47 Å². The van der Waals surface area contributed by atoms with Crippen molar-refractivity contribution in [2.24, 2.45) is 0 Å². The Morgan fingerprint density at radius 2 is 1.60 bits per heavy atom. The van der Waals surface area contributed by atoms with Crippen LogP contribution >= 0.6 is 11.6 Å². The molecule has 0 aliphatic carbocycles. The van der Waals surface area contributed by atoms with E-state index in [1.54, 1.807) is 7.11 Å². The van der Waals surface area contributed by atoms with Gasteiger partial charge in [0.25, 0.3) is 0 Å². The highest BCUT2D eigenvalue weighted by Gasteiger charge is 2.10. The van der Waals surface area contributed by atoms with Crippen LogP contribution < -0.4 is 9.47 Å². The zero-order chi connectivity index (χ0) is 14.2. The van der Waals surface area contributed by atoms with Crippen molar-refractivity contribution in [2.75, 3.05) is 19.6 Å². The standard InChI is InChI=1S/C17H19ClO2/c1-19-16-7-9-17(10-8-16)20-12-11-15(13-18)14-5-3-2-4-6-14/h2-10,15H,11-13H2,1H3. The van der Waals surface area contributed by atoms with Gasteiger partial charge >= 0.3 is 0 Å². The van der Waals surface area contributed by atoms with E-state index in [0.29, 0.717) is 18.4 Å². The minimum Gasteiger partial charge on any atom is -0.497 e. The van der Waals surface area contributed by atoms with Gasteiger partial charge in [0.05, 0.1) is 13.7 Å². The molecule has 0 spiro atoms. The van der Waals surface area contributed by atoms with Gasteiger partial charge in [-0.15, -0.1) is 11.6 Å². The van der Waals surface area contributed by atoms with E-state index < -0.39 is 0 Å². The number of hydrogen-bond acceptors (Lipinski definition) is 2. The smallest absolute Gasteiger partial charge is 0.119 e. The summed E-state index contributed by atoms with van der Waals surface area (Å²) < 4.78 is 10.9. The highest BCUT2D eigenvalue weighted by molar-refractivity contribution is 6.18. The molecule has 1 atom stereocenters. The van der Waals surface area contributed by atoms with Gasteiger partial charge in [0.15, 0.2) is 0 Å². The second-order valence-electron chi connectivity index (χ2n) is 4.57. The van der Waals surface area contributed by atoms with Crippen LogP contribution in [-0.2, 0) is 0 Å². The fourth-order valence-electron chi connectivity index (χ4n) is 2.05. The maximum Gasteiger partial charge on any atom is 0.119 e. The fraction of sp³-hybridized carbons (Fsp3) is 0.294. The first-order valence-electron chi connectivity index (χ1n) is 6.71. The summed E-state index contributed by atoms with van der Waals surface area (Å²) in [5, 5.41) is 0. The van der Waals surface area contributed by atoms with Crippen molar-refractivity contribution in [1.29, 1.82) is 0 Å². The topological polar surface area (TPSA) is 18.5 Å². The molecule has 0 saturated heterocycles. The molecule has 0 saturated carbocycles. The summed E-state index contributed by atoms with van der Waals surface area (Å²) in [5.74, 6) is 2.62. The Balaban J connectivity index is 1.84. The fourth-order valence-corrected chi connectivity index (χ4v) is 2.38. The molecular weight excluding hydrogens is 272 g/mol. The van der Waals surface area contributed by atoms with E-state index in [-0.39, 0.29) is 0 Å². The summed E-state index contributed by atoms with van der Waals surface area (Å²) in [7, 11) is 1.65. The zero-order valence-corrected chi connectivity index (χ0v) is 12.3. The third-order valence-corrected chi connectivity index (χ3v) is 3.62. The third kappa shape index (κ3) is 4.17. The molecule has 0 radical (unpaired) electrons. The summed E-state index contributed by atoms with van der Waals surface area (Å²) in [4.78, 5) is 0. The molecule has 2 aromatic rings. The molecule has 0 aliphatic rings. The number of benzene rings is 2. The summed E-state index contributed by atoms with van der Waals surface area (Å²) in [6.45, 7) is 0.651. The molecule has 2 rings (SSSR count). The normalized spacial score (nSPS) is 11.9. The highest BCUT2D eigenvalue weighted by Crippen LogP contribution is 2.22. The Labute approximate surface area is 125 Å². The average molecular weight is 291 g/mol. The second kappa shape index (κ2) is 7.81. The molecule has 0 N–H and O–H groups in total. The summed E-state index contributed by atoms with van der Waals surface area (Å²) in [6.07, 6.45) is 0.902. The number of ether oxygens (including phenoxy) is 2. The molecule has 106 valence electrons. The van der Waals surface area contributed by atoms with Gasteiger partial charge in [-0.25, -0.2) is 0 Å². The lowest BCUT2D eigenvalue weighted by molar-refractivity contribution is 0.300. The first-order valence-corrected chi connectivity index (χ1v) is 7.24. The molecule has 1 unspecified atom stereocenters. The molecule has 3 heteroatoms. The Morgan fingerprint density at radius 1 is 0.950 bits per heavy atom. The Kier molecular flexibility index (Phi) is 5.75. The van der Waals surface area contributed by atoms with Gasteiger partial charge in [-0.2, -0.15) is 0 Å². The number of methoxy groups -OCH3 is 1. The van der Waals surface area contributed by atoms with E-state index in [2.05, 4.69) is 12.1 Å². The lowest BCUT2D eigenvalue weighted by Gasteiger charge is -2.15. The predicted octanol–water partition coefficient (Wildman–Crippen LogP) is 4.49. The molecular formula is C17H19ClO2. The molecule has 2 aromatic carbocycles. The van der Waals surface area contributed by atoms with E-state index >= 15 is 0 Å². The Morgan fingerprint density at radius 3 is 2.20 bits per heavy atom. The lowest BCUT2D eigenvalue weighted by Crippen LogP contribution is -2.07. The minimum absolute atomic E-state index is 0.330. The second-order valence-corrected chi connectivity index (χ2v) is 4.88. The van der Waals surface area contributed by atoms with Crippen LogP contribution in [0.5, 0.6) is 11.5 Å². The van der Waals surface area contributed by atoms with Gasteiger partial charge in [-0.1, -0.05) is 30.3 Å². The quantitative estimate of drug-likeness (QED) is 0.700. The van der Waals surface area contributed by atoms with Crippen molar-refractivity contribution in [2.45, 2.75) is 12.3 Å². The largest absolute Gasteiger partial charge is 0.497 e. The van der Waals surface area contributed by atoms with E-state index in [0.717, 1.165) is 17.9 Å². The van der Waals surface area contributed by atoms with E-state index in [9.17, 15) is 0 Å². The van der Waals surface area contributed by atoms with Crippen LogP contribution in [-0.4, -0.2) is 19.6 Å². The van der Waals surface area contributed by atoms with E-state index in [1.165, 1.54) is 5.56 Å². The third-order valence-electron chi connectivity index (χ3n) is 3.25. The van der Waals surface area contributed by atoms with Crippen molar-refractivity contribution in [3.63, 3.8) is 0 Å². The maximum absolute atomic E-state index is 6.05. The molecule has 0 fully saturated rings. The monoisotopic (exact) mass is 290 g/mol. The van der Waals surface area contributed by atoms with E-state index in [1.807, 2.05) is 42.5 Å². The first-order chi connectivity index (χ1) is 9.83. The van der Waals surface area contributed by atoms with Crippen molar-refractivity contribution in [3.05, 3.63) is 60.2 Å². The van der Waals surface area contributed by atoms with Gasteiger partial charge in [0.2, 0.25) is 0 Å². The van der Waals surface area contributed by atoms with Crippen LogP contribution in [0.3, 0.4) is 0 Å². The summed E-state index contributed by atoms with van der Waals surface area (Å²) >= 11 is 6.05. The lowest BCUT2D eigenvalue weighted by atomic mass is 9.98. The van der Waals surface area contributed by atoms with Crippen molar-refractivity contribution in [1.82, 2.24) is 0 Å². The van der Waals surface area contributed by atoms with Gasteiger partial charge in [-0.05, 0) is 36.2 Å². The minimum atomic E-state index is 0.330. The Hall–Kier alpha value is -1.67. The number of halogens is 1. The van der Waals surface area contributed by atoms with Crippen LogP contribution in [0.15, 0.2) is 54.6 Å². The van der Waals surface area contributed by atoms with Crippen molar-refractivity contribution in [3.8, 4) is 11.5 Å². The van der Waals surface area contributed by atoms with Crippen LogP contribution in [0.2, 0.25) is 0 Å². The highest BCUT2D eigenvalue weighted by atomic mass is 35.5. The van der Waals surface area contributed by atoms with Crippen LogP contribution in [0, 0.1) is 0 Å². The Bertz CT molecular complexity index is 496. The maximum atomic E-state index is 6.05. The van der Waals surface area contributed by atoms with E-state index in [4.69, 9.17) is 21.1 Å². The van der Waals surface area contributed by atoms with Crippen molar-refractivity contribution < 1.29 is 9.47 Å². The van der Waals surface area contributed by atoms with Gasteiger partial charge in [-0.3, -0.25) is 0 Å². The summed E-state index contributed by atoms with van der Waals surface area (Å²) in [5.41, 5.74) is 1.26. The molecule has 0 amide bonds. The van der Waals surface area contributed by atoms with Gasteiger partial charge in [0.1, 0.15) is 11.5 Å². The molecule has 2 nitrogen and oxygen atoms in total. The number of rotatable bonds is 7. The van der Waals surface area contributed by atoms with Gasteiger partial charge in [0, 0.05) is 11.8 Å². The summed E-state index contributed by atoms with van der Waals surface area (Å²) in [6, 6.07) is 17.9. The molecule has 20 heavy (non-hydrogen) atoms. The van der Waals surface area contributed by atoms with Crippen molar-refractivity contribution >= 4 is 11.6 Å². The molecule has 0 heterocycles. The number of alkyl halides is 1. The number of hydrogen-bond donors (Lipinski definition) is 0. The van der Waals surface area contributed by atoms with Crippen LogP contribution in [0.25, 0.3) is 0 Å². The molecule has 0 aromatic heterocycles. The van der Waals surface area contributed by atoms with Crippen LogP contribution in [0.1, 0.15) is 17.9 Å². The predicted molar refractivity (Wildman–Crippen MR) is 83.0 cm³/mol.